The van der Waals surface area contributed by atoms with Crippen LogP contribution in [0.1, 0.15) is 44.7 Å². The van der Waals surface area contributed by atoms with Gasteiger partial charge in [-0.15, -0.1) is 0 Å². The molecule has 1 aliphatic rings. The molecule has 3 unspecified atom stereocenters. The first-order valence-corrected chi connectivity index (χ1v) is 6.26. The van der Waals surface area contributed by atoms with E-state index >= 15 is 0 Å². The number of halogens is 1. The van der Waals surface area contributed by atoms with Gasteiger partial charge in [0.1, 0.15) is 5.82 Å². The van der Waals surface area contributed by atoms with Crippen molar-refractivity contribution in [3.8, 4) is 0 Å². The van der Waals surface area contributed by atoms with E-state index in [1.807, 2.05) is 12.1 Å². The Morgan fingerprint density at radius 1 is 1.31 bits per heavy atom. The molecule has 0 heterocycles. The maximum absolute atomic E-state index is 12.8. The van der Waals surface area contributed by atoms with Crippen molar-refractivity contribution in [1.29, 1.82) is 0 Å². The van der Waals surface area contributed by atoms with Crippen molar-refractivity contribution in [1.82, 2.24) is 5.32 Å². The molecule has 3 atom stereocenters. The van der Waals surface area contributed by atoms with Crippen molar-refractivity contribution in [3.05, 3.63) is 35.6 Å². The van der Waals surface area contributed by atoms with E-state index in [4.69, 9.17) is 0 Å². The molecule has 1 aromatic rings. The van der Waals surface area contributed by atoms with Crippen LogP contribution in [-0.4, -0.2) is 6.04 Å². The number of rotatable bonds is 5. The van der Waals surface area contributed by atoms with Crippen LogP contribution in [0.5, 0.6) is 0 Å². The highest BCUT2D eigenvalue weighted by Crippen LogP contribution is 2.35. The fraction of sp³-hybridized carbons (Fsp3) is 0.571. The van der Waals surface area contributed by atoms with Crippen LogP contribution in [-0.2, 0) is 0 Å². The van der Waals surface area contributed by atoms with Gasteiger partial charge >= 0.3 is 0 Å². The molecule has 0 spiro atoms. The molecular formula is C14H20FN. The van der Waals surface area contributed by atoms with E-state index < -0.39 is 0 Å². The standard InChI is InChI=1S/C14H20FN/c1-3-10-9-14(10)16-13(4-2)11-5-7-12(15)8-6-11/h5-8,10,13-14,16H,3-4,9H2,1-2H3. The highest BCUT2D eigenvalue weighted by atomic mass is 19.1. The fourth-order valence-electron chi connectivity index (χ4n) is 2.31. The first-order valence-electron chi connectivity index (χ1n) is 6.26. The minimum absolute atomic E-state index is 0.156. The first kappa shape index (κ1) is 11.6. The molecule has 16 heavy (non-hydrogen) atoms. The highest BCUT2D eigenvalue weighted by Gasteiger charge is 2.36. The summed E-state index contributed by atoms with van der Waals surface area (Å²) in [6.45, 7) is 4.41. The summed E-state index contributed by atoms with van der Waals surface area (Å²) >= 11 is 0. The number of benzene rings is 1. The lowest BCUT2D eigenvalue weighted by Gasteiger charge is -2.17. The van der Waals surface area contributed by atoms with Gasteiger partial charge in [0, 0.05) is 12.1 Å². The van der Waals surface area contributed by atoms with E-state index in [1.54, 1.807) is 12.1 Å². The largest absolute Gasteiger partial charge is 0.307 e. The van der Waals surface area contributed by atoms with Gasteiger partial charge in [-0.2, -0.15) is 0 Å². The molecule has 2 rings (SSSR count). The molecule has 1 aromatic carbocycles. The van der Waals surface area contributed by atoms with Crippen LogP contribution < -0.4 is 5.32 Å². The van der Waals surface area contributed by atoms with Gasteiger partial charge in [-0.05, 0) is 36.5 Å². The van der Waals surface area contributed by atoms with E-state index in [1.165, 1.54) is 18.4 Å². The van der Waals surface area contributed by atoms with Gasteiger partial charge in [0.15, 0.2) is 0 Å². The molecule has 0 aliphatic heterocycles. The van der Waals surface area contributed by atoms with Crippen LogP contribution in [0.3, 0.4) is 0 Å². The molecule has 0 aromatic heterocycles. The molecule has 0 amide bonds. The van der Waals surface area contributed by atoms with Crippen LogP contribution in [0, 0.1) is 11.7 Å². The van der Waals surface area contributed by atoms with Gasteiger partial charge in [-0.1, -0.05) is 32.4 Å². The highest BCUT2D eigenvalue weighted by molar-refractivity contribution is 5.20. The second kappa shape index (κ2) is 4.96. The van der Waals surface area contributed by atoms with Crippen LogP contribution in [0.4, 0.5) is 4.39 Å². The zero-order valence-corrected chi connectivity index (χ0v) is 10.0. The van der Waals surface area contributed by atoms with Gasteiger partial charge in [0.05, 0.1) is 0 Å². The molecule has 2 heteroatoms. The normalized spacial score (nSPS) is 25.4. The lowest BCUT2D eigenvalue weighted by Crippen LogP contribution is -2.24. The molecule has 1 fully saturated rings. The first-order chi connectivity index (χ1) is 7.74. The molecule has 1 N–H and O–H groups in total. The summed E-state index contributed by atoms with van der Waals surface area (Å²) in [5.41, 5.74) is 1.20. The SMILES string of the molecule is CCC(NC1CC1CC)c1ccc(F)cc1. The number of nitrogens with one attached hydrogen (secondary N) is 1. The Labute approximate surface area is 97.1 Å². The maximum atomic E-state index is 12.8. The van der Waals surface area contributed by atoms with Crippen LogP contribution >= 0.6 is 0 Å². The summed E-state index contributed by atoms with van der Waals surface area (Å²) < 4.78 is 12.8. The quantitative estimate of drug-likeness (QED) is 0.800. The van der Waals surface area contributed by atoms with E-state index in [0.29, 0.717) is 12.1 Å². The Hall–Kier alpha value is -0.890. The molecule has 1 nitrogen and oxygen atoms in total. The summed E-state index contributed by atoms with van der Waals surface area (Å²) in [6, 6.07) is 7.93. The molecule has 1 aliphatic carbocycles. The van der Waals surface area contributed by atoms with Crippen LogP contribution in [0.15, 0.2) is 24.3 Å². The second-order valence-corrected chi connectivity index (χ2v) is 4.69. The Balaban J connectivity index is 1.97. The van der Waals surface area contributed by atoms with E-state index in [0.717, 1.165) is 12.3 Å². The fourth-order valence-corrected chi connectivity index (χ4v) is 2.31. The zero-order chi connectivity index (χ0) is 11.5. The third-order valence-electron chi connectivity index (χ3n) is 3.54. The van der Waals surface area contributed by atoms with Gasteiger partial charge in [-0.3, -0.25) is 0 Å². The van der Waals surface area contributed by atoms with E-state index in [2.05, 4.69) is 19.2 Å². The van der Waals surface area contributed by atoms with E-state index in [-0.39, 0.29) is 5.82 Å². The van der Waals surface area contributed by atoms with Crippen molar-refractivity contribution in [2.75, 3.05) is 0 Å². The minimum atomic E-state index is -0.156. The molecule has 1 saturated carbocycles. The second-order valence-electron chi connectivity index (χ2n) is 4.69. The van der Waals surface area contributed by atoms with Crippen molar-refractivity contribution < 1.29 is 4.39 Å². The van der Waals surface area contributed by atoms with Gasteiger partial charge < -0.3 is 5.32 Å². The molecule has 88 valence electrons. The number of hydrogen-bond acceptors (Lipinski definition) is 1. The van der Waals surface area contributed by atoms with Gasteiger partial charge in [0.25, 0.3) is 0 Å². The Bertz CT molecular complexity index is 333. The monoisotopic (exact) mass is 221 g/mol. The van der Waals surface area contributed by atoms with Gasteiger partial charge in [-0.25, -0.2) is 4.39 Å². The maximum Gasteiger partial charge on any atom is 0.123 e. The Morgan fingerprint density at radius 2 is 2.00 bits per heavy atom. The zero-order valence-electron chi connectivity index (χ0n) is 10.0. The van der Waals surface area contributed by atoms with Crippen molar-refractivity contribution >= 4 is 0 Å². The Kier molecular flexibility index (Phi) is 3.59. The van der Waals surface area contributed by atoms with Crippen molar-refractivity contribution in [3.63, 3.8) is 0 Å². The summed E-state index contributed by atoms with van der Waals surface area (Å²) in [6.07, 6.45) is 3.62. The van der Waals surface area contributed by atoms with Gasteiger partial charge in [0.2, 0.25) is 0 Å². The van der Waals surface area contributed by atoms with Crippen LogP contribution in [0.2, 0.25) is 0 Å². The lowest BCUT2D eigenvalue weighted by atomic mass is 10.0. The molecule has 0 saturated heterocycles. The van der Waals surface area contributed by atoms with E-state index in [9.17, 15) is 4.39 Å². The third-order valence-corrected chi connectivity index (χ3v) is 3.54. The summed E-state index contributed by atoms with van der Waals surface area (Å²) in [5, 5.41) is 3.65. The summed E-state index contributed by atoms with van der Waals surface area (Å²) in [7, 11) is 0. The molecular weight excluding hydrogens is 201 g/mol. The third kappa shape index (κ3) is 2.62. The number of hydrogen-bond donors (Lipinski definition) is 1. The predicted octanol–water partition coefficient (Wildman–Crippen LogP) is 3.66. The lowest BCUT2D eigenvalue weighted by molar-refractivity contribution is 0.493. The topological polar surface area (TPSA) is 12.0 Å². The average Bonchev–Trinajstić information content (AvgIpc) is 3.06. The average molecular weight is 221 g/mol. The van der Waals surface area contributed by atoms with Crippen LogP contribution in [0.25, 0.3) is 0 Å². The summed E-state index contributed by atoms with van der Waals surface area (Å²) in [5.74, 6) is 0.700. The molecule has 0 bridgehead atoms. The summed E-state index contributed by atoms with van der Waals surface area (Å²) in [4.78, 5) is 0. The molecule has 0 radical (unpaired) electrons. The van der Waals surface area contributed by atoms with Crippen molar-refractivity contribution in [2.45, 2.75) is 45.2 Å². The minimum Gasteiger partial charge on any atom is -0.307 e. The predicted molar refractivity (Wildman–Crippen MR) is 64.8 cm³/mol. The smallest absolute Gasteiger partial charge is 0.123 e. The van der Waals surface area contributed by atoms with Crippen molar-refractivity contribution in [2.24, 2.45) is 5.92 Å². The Morgan fingerprint density at radius 3 is 2.50 bits per heavy atom.